The van der Waals surface area contributed by atoms with Crippen molar-refractivity contribution in [3.63, 3.8) is 0 Å². The van der Waals surface area contributed by atoms with Gasteiger partial charge in [0.25, 0.3) is 0 Å². The number of carboxylic acid groups (broad SMARTS) is 1. The van der Waals surface area contributed by atoms with Gasteiger partial charge in [0.1, 0.15) is 0 Å². The van der Waals surface area contributed by atoms with Gasteiger partial charge < -0.3 is 5.11 Å². The van der Waals surface area contributed by atoms with Gasteiger partial charge in [0.05, 0.1) is 5.92 Å². The molecule has 1 saturated carbocycles. The van der Waals surface area contributed by atoms with Crippen LogP contribution in [0.15, 0.2) is 0 Å². The van der Waals surface area contributed by atoms with E-state index in [-0.39, 0.29) is 5.92 Å². The highest BCUT2D eigenvalue weighted by atomic mass is 16.4. The molecule has 7 heavy (non-hydrogen) atoms. The first-order valence-electron chi connectivity index (χ1n) is 2.44. The minimum atomic E-state index is -0.632. The SMILES string of the molecule is CC1C[C@@H]1C(=O)O. The normalized spacial score (nSPS) is 37.9. The molecule has 1 N–H and O–H groups in total. The van der Waals surface area contributed by atoms with Gasteiger partial charge in [-0.3, -0.25) is 4.79 Å². The predicted octanol–water partition coefficient (Wildman–Crippen LogP) is 0.727. The molecule has 2 atom stereocenters. The molecule has 1 rings (SSSR count). The van der Waals surface area contributed by atoms with Crippen molar-refractivity contribution < 1.29 is 9.90 Å². The third-order valence-electron chi connectivity index (χ3n) is 1.43. The second-order valence-electron chi connectivity index (χ2n) is 2.16. The van der Waals surface area contributed by atoms with Crippen LogP contribution in [0.5, 0.6) is 0 Å². The maximum atomic E-state index is 9.97. The Hall–Kier alpha value is -0.530. The van der Waals surface area contributed by atoms with Crippen LogP contribution in [0.2, 0.25) is 0 Å². The van der Waals surface area contributed by atoms with E-state index in [0.717, 1.165) is 6.42 Å². The van der Waals surface area contributed by atoms with E-state index in [2.05, 4.69) is 0 Å². The lowest BCUT2D eigenvalue weighted by molar-refractivity contribution is -0.138. The van der Waals surface area contributed by atoms with Gasteiger partial charge in [-0.2, -0.15) is 0 Å². The topological polar surface area (TPSA) is 37.3 Å². The lowest BCUT2D eigenvalue weighted by Gasteiger charge is -1.79. The molecule has 0 bridgehead atoms. The van der Waals surface area contributed by atoms with Crippen molar-refractivity contribution in [1.29, 1.82) is 0 Å². The minimum Gasteiger partial charge on any atom is -0.481 e. The quantitative estimate of drug-likeness (QED) is 0.527. The van der Waals surface area contributed by atoms with E-state index in [9.17, 15) is 4.79 Å². The second kappa shape index (κ2) is 1.22. The smallest absolute Gasteiger partial charge is 0.306 e. The minimum absolute atomic E-state index is 0.0139. The Labute approximate surface area is 42.1 Å². The molecular weight excluding hydrogens is 92.1 g/mol. The lowest BCUT2D eigenvalue weighted by atomic mass is 10.3. The number of carbonyl (C=O) groups is 1. The lowest BCUT2D eigenvalue weighted by Crippen LogP contribution is -1.97. The summed E-state index contributed by atoms with van der Waals surface area (Å²) in [4.78, 5) is 9.97. The Morgan fingerprint density at radius 2 is 2.29 bits per heavy atom. The standard InChI is InChI=1S/C5H8O2/c1-3-2-4(3)5(6)7/h3-4H,2H2,1H3,(H,6,7)/t3?,4-/m0/s1. The molecule has 0 spiro atoms. The van der Waals surface area contributed by atoms with Gasteiger partial charge in [-0.15, -0.1) is 0 Å². The Morgan fingerprint density at radius 1 is 1.86 bits per heavy atom. The number of carboxylic acids is 1. The summed E-state index contributed by atoms with van der Waals surface area (Å²) >= 11 is 0. The zero-order valence-corrected chi connectivity index (χ0v) is 4.22. The molecular formula is C5H8O2. The Morgan fingerprint density at radius 3 is 2.29 bits per heavy atom. The summed E-state index contributed by atoms with van der Waals surface area (Å²) in [7, 11) is 0. The fraction of sp³-hybridized carbons (Fsp3) is 0.800. The van der Waals surface area contributed by atoms with Crippen molar-refractivity contribution in [3.8, 4) is 0 Å². The molecule has 1 aliphatic rings. The van der Waals surface area contributed by atoms with Gasteiger partial charge >= 0.3 is 5.97 Å². The van der Waals surface area contributed by atoms with E-state index < -0.39 is 5.97 Å². The summed E-state index contributed by atoms with van der Waals surface area (Å²) in [6.07, 6.45) is 0.884. The van der Waals surface area contributed by atoms with Crippen molar-refractivity contribution in [2.45, 2.75) is 13.3 Å². The third-order valence-corrected chi connectivity index (χ3v) is 1.43. The molecule has 1 unspecified atom stereocenters. The summed E-state index contributed by atoms with van der Waals surface area (Å²) in [5.74, 6) is -0.204. The summed E-state index contributed by atoms with van der Waals surface area (Å²) in [5.41, 5.74) is 0. The Kier molecular flexibility index (Phi) is 0.805. The fourth-order valence-corrected chi connectivity index (χ4v) is 0.666. The van der Waals surface area contributed by atoms with Gasteiger partial charge in [0, 0.05) is 0 Å². The maximum Gasteiger partial charge on any atom is 0.306 e. The first-order chi connectivity index (χ1) is 3.22. The van der Waals surface area contributed by atoms with Gasteiger partial charge in [0.15, 0.2) is 0 Å². The van der Waals surface area contributed by atoms with Crippen molar-refractivity contribution in [2.75, 3.05) is 0 Å². The van der Waals surface area contributed by atoms with E-state index in [4.69, 9.17) is 5.11 Å². The zero-order valence-electron chi connectivity index (χ0n) is 4.22. The van der Waals surface area contributed by atoms with Crippen LogP contribution in [0.1, 0.15) is 13.3 Å². The molecule has 40 valence electrons. The zero-order chi connectivity index (χ0) is 5.44. The van der Waals surface area contributed by atoms with Crippen LogP contribution in [0, 0.1) is 11.8 Å². The molecule has 0 saturated heterocycles. The molecule has 0 aromatic rings. The molecule has 2 nitrogen and oxygen atoms in total. The molecule has 0 radical (unpaired) electrons. The van der Waals surface area contributed by atoms with Gasteiger partial charge in [0.2, 0.25) is 0 Å². The van der Waals surface area contributed by atoms with Crippen molar-refractivity contribution in [3.05, 3.63) is 0 Å². The monoisotopic (exact) mass is 100 g/mol. The van der Waals surface area contributed by atoms with Crippen molar-refractivity contribution >= 4 is 5.97 Å². The third kappa shape index (κ3) is 0.734. The summed E-state index contributed by atoms with van der Waals surface area (Å²) in [6.45, 7) is 1.96. The molecule has 0 aromatic carbocycles. The number of rotatable bonds is 1. The number of hydrogen-bond donors (Lipinski definition) is 1. The molecule has 1 fully saturated rings. The van der Waals surface area contributed by atoms with Crippen molar-refractivity contribution in [1.82, 2.24) is 0 Å². The first kappa shape index (κ1) is 4.62. The van der Waals surface area contributed by atoms with Gasteiger partial charge in [-0.1, -0.05) is 6.92 Å². The van der Waals surface area contributed by atoms with Gasteiger partial charge in [-0.25, -0.2) is 0 Å². The molecule has 1 aliphatic carbocycles. The van der Waals surface area contributed by atoms with Crippen LogP contribution >= 0.6 is 0 Å². The Balaban J connectivity index is 2.33. The highest BCUT2D eigenvalue weighted by Gasteiger charge is 2.38. The van der Waals surface area contributed by atoms with Crippen LogP contribution in [-0.2, 0) is 4.79 Å². The summed E-state index contributed by atoms with van der Waals surface area (Å²) in [6, 6.07) is 0. The maximum absolute atomic E-state index is 9.97. The van der Waals surface area contributed by atoms with E-state index in [1.807, 2.05) is 6.92 Å². The van der Waals surface area contributed by atoms with E-state index in [1.54, 1.807) is 0 Å². The highest BCUT2D eigenvalue weighted by Crippen LogP contribution is 2.37. The van der Waals surface area contributed by atoms with Crippen LogP contribution < -0.4 is 0 Å². The number of aliphatic carboxylic acids is 1. The van der Waals surface area contributed by atoms with Crippen LogP contribution in [0.4, 0.5) is 0 Å². The van der Waals surface area contributed by atoms with Crippen LogP contribution in [0.3, 0.4) is 0 Å². The number of hydrogen-bond acceptors (Lipinski definition) is 1. The van der Waals surface area contributed by atoms with Crippen molar-refractivity contribution in [2.24, 2.45) is 11.8 Å². The largest absolute Gasteiger partial charge is 0.481 e. The van der Waals surface area contributed by atoms with E-state index >= 15 is 0 Å². The molecule has 0 heterocycles. The van der Waals surface area contributed by atoms with Crippen LogP contribution in [0.25, 0.3) is 0 Å². The average molecular weight is 100 g/mol. The molecule has 0 aromatic heterocycles. The van der Waals surface area contributed by atoms with E-state index in [1.165, 1.54) is 0 Å². The molecule has 0 amide bonds. The second-order valence-corrected chi connectivity index (χ2v) is 2.16. The first-order valence-corrected chi connectivity index (χ1v) is 2.44. The summed E-state index contributed by atoms with van der Waals surface area (Å²) < 4.78 is 0. The Bertz CT molecular complexity index is 98.3. The average Bonchev–Trinajstić information content (AvgIpc) is 2.17. The summed E-state index contributed by atoms with van der Waals surface area (Å²) in [5, 5.41) is 8.22. The fourth-order valence-electron chi connectivity index (χ4n) is 0.666. The molecule has 0 aliphatic heterocycles. The van der Waals surface area contributed by atoms with E-state index in [0.29, 0.717) is 5.92 Å². The van der Waals surface area contributed by atoms with Gasteiger partial charge in [-0.05, 0) is 12.3 Å². The highest BCUT2D eigenvalue weighted by molar-refractivity contribution is 5.73. The van der Waals surface area contributed by atoms with Crippen LogP contribution in [-0.4, -0.2) is 11.1 Å². The molecule has 2 heteroatoms. The predicted molar refractivity (Wildman–Crippen MR) is 24.9 cm³/mol.